The van der Waals surface area contributed by atoms with Gasteiger partial charge in [-0.25, -0.2) is 4.98 Å². The first kappa shape index (κ1) is 25.9. The number of likely N-dealkylation sites (tertiary alicyclic amines) is 1. The van der Waals surface area contributed by atoms with Crippen molar-refractivity contribution in [1.82, 2.24) is 14.8 Å². The minimum atomic E-state index is -4.28. The number of aromatic nitrogens is 1. The van der Waals surface area contributed by atoms with Crippen LogP contribution in [0.25, 0.3) is 0 Å². The smallest absolute Gasteiger partial charge is 0.382 e. The zero-order chi connectivity index (χ0) is 24.8. The number of piperazine rings is 1. The van der Waals surface area contributed by atoms with Crippen molar-refractivity contribution in [3.05, 3.63) is 47.6 Å². The molecule has 190 valence electrons. The average Bonchev–Trinajstić information content (AvgIpc) is 2.84. The summed E-state index contributed by atoms with van der Waals surface area (Å²) in [5, 5.41) is 4.01. The Morgan fingerprint density at radius 1 is 1.03 bits per heavy atom. The van der Waals surface area contributed by atoms with Gasteiger partial charge in [-0.3, -0.25) is 9.69 Å². The topological polar surface area (TPSA) is 51.7 Å². The van der Waals surface area contributed by atoms with Gasteiger partial charge in [0, 0.05) is 75.1 Å². The second-order valence-electron chi connectivity index (χ2n) is 8.78. The SMILES string of the molecule is O=C(CCN1CCN(c2ccc(Cl)cn2)CC1)N1CCC(Nc2ccc(SC(F)(F)F)cc2)CC1. The number of thioether (sulfide) groups is 1. The van der Waals surface area contributed by atoms with Gasteiger partial charge in [-0.1, -0.05) is 11.6 Å². The predicted molar refractivity (Wildman–Crippen MR) is 134 cm³/mol. The van der Waals surface area contributed by atoms with Crippen molar-refractivity contribution in [2.24, 2.45) is 0 Å². The number of carbonyl (C=O) groups excluding carboxylic acids is 1. The molecule has 3 heterocycles. The van der Waals surface area contributed by atoms with Gasteiger partial charge in [-0.15, -0.1) is 0 Å². The van der Waals surface area contributed by atoms with Crippen LogP contribution in [0.1, 0.15) is 19.3 Å². The van der Waals surface area contributed by atoms with Gasteiger partial charge in [0.05, 0.1) is 5.02 Å². The molecular weight excluding hydrogens is 499 g/mol. The molecule has 11 heteroatoms. The molecule has 2 fully saturated rings. The molecule has 0 aliphatic carbocycles. The molecule has 0 atom stereocenters. The lowest BCUT2D eigenvalue weighted by Crippen LogP contribution is -2.48. The molecule has 2 aliphatic rings. The quantitative estimate of drug-likeness (QED) is 0.514. The van der Waals surface area contributed by atoms with E-state index in [-0.39, 0.29) is 28.6 Å². The van der Waals surface area contributed by atoms with Gasteiger partial charge in [0.2, 0.25) is 5.91 Å². The number of nitrogens with zero attached hydrogens (tertiary/aromatic N) is 4. The Balaban J connectivity index is 1.14. The third-order valence-electron chi connectivity index (χ3n) is 6.36. The molecule has 0 saturated carbocycles. The highest BCUT2D eigenvalue weighted by Crippen LogP contribution is 2.37. The number of pyridine rings is 1. The number of piperidine rings is 1. The molecule has 6 nitrogen and oxygen atoms in total. The molecule has 2 aromatic rings. The van der Waals surface area contributed by atoms with Crippen LogP contribution in [0.2, 0.25) is 5.02 Å². The largest absolute Gasteiger partial charge is 0.446 e. The highest BCUT2D eigenvalue weighted by atomic mass is 35.5. The number of nitrogens with one attached hydrogen (secondary N) is 1. The van der Waals surface area contributed by atoms with E-state index in [0.29, 0.717) is 24.5 Å². The molecule has 0 spiro atoms. The molecule has 0 bridgehead atoms. The maximum atomic E-state index is 12.7. The highest BCUT2D eigenvalue weighted by molar-refractivity contribution is 8.00. The highest BCUT2D eigenvalue weighted by Gasteiger charge is 2.29. The number of anilines is 2. The number of halogens is 4. The van der Waals surface area contributed by atoms with E-state index in [1.165, 1.54) is 12.1 Å². The summed E-state index contributed by atoms with van der Waals surface area (Å²) in [6.07, 6.45) is 3.80. The Kier molecular flexibility index (Phi) is 8.67. The first-order valence-corrected chi connectivity index (χ1v) is 12.9. The molecular formula is C24H29ClF3N5OS. The third-order valence-corrected chi connectivity index (χ3v) is 7.32. The van der Waals surface area contributed by atoms with Crippen LogP contribution in [0.5, 0.6) is 0 Å². The number of hydrogen-bond donors (Lipinski definition) is 1. The molecule has 1 aromatic heterocycles. The summed E-state index contributed by atoms with van der Waals surface area (Å²) in [7, 11) is 0. The van der Waals surface area contributed by atoms with E-state index >= 15 is 0 Å². The van der Waals surface area contributed by atoms with Crippen LogP contribution in [0, 0.1) is 0 Å². The fourth-order valence-electron chi connectivity index (χ4n) is 4.43. The van der Waals surface area contributed by atoms with Gasteiger partial charge in [-0.05, 0) is 61.0 Å². The van der Waals surface area contributed by atoms with E-state index in [2.05, 4.69) is 20.1 Å². The summed E-state index contributed by atoms with van der Waals surface area (Å²) in [6.45, 7) is 5.66. The summed E-state index contributed by atoms with van der Waals surface area (Å²) in [5.41, 5.74) is -3.48. The predicted octanol–water partition coefficient (Wildman–Crippen LogP) is 4.96. The van der Waals surface area contributed by atoms with Crippen molar-refractivity contribution in [2.45, 2.75) is 35.7 Å². The van der Waals surface area contributed by atoms with Gasteiger partial charge in [0.25, 0.3) is 0 Å². The number of amides is 1. The zero-order valence-corrected chi connectivity index (χ0v) is 20.9. The monoisotopic (exact) mass is 527 g/mol. The van der Waals surface area contributed by atoms with Crippen LogP contribution in [0.3, 0.4) is 0 Å². The van der Waals surface area contributed by atoms with Gasteiger partial charge in [-0.2, -0.15) is 13.2 Å². The van der Waals surface area contributed by atoms with E-state index in [4.69, 9.17) is 11.6 Å². The fourth-order valence-corrected chi connectivity index (χ4v) is 5.08. The first-order valence-electron chi connectivity index (χ1n) is 11.7. The maximum Gasteiger partial charge on any atom is 0.446 e. The summed E-state index contributed by atoms with van der Waals surface area (Å²) in [4.78, 5) is 23.8. The van der Waals surface area contributed by atoms with Crippen molar-refractivity contribution in [3.8, 4) is 0 Å². The van der Waals surface area contributed by atoms with Gasteiger partial charge in [0.1, 0.15) is 5.82 Å². The van der Waals surface area contributed by atoms with Crippen LogP contribution in [-0.4, -0.2) is 78.1 Å². The first-order chi connectivity index (χ1) is 16.7. The Labute approximate surface area is 212 Å². The van der Waals surface area contributed by atoms with E-state index < -0.39 is 5.51 Å². The number of benzene rings is 1. The molecule has 2 saturated heterocycles. The number of rotatable bonds is 7. The minimum Gasteiger partial charge on any atom is -0.382 e. The molecule has 0 unspecified atom stereocenters. The van der Waals surface area contributed by atoms with Crippen molar-refractivity contribution in [3.63, 3.8) is 0 Å². The molecule has 35 heavy (non-hydrogen) atoms. The third kappa shape index (κ3) is 7.91. The molecule has 0 radical (unpaired) electrons. The Hall–Kier alpha value is -2.17. The maximum absolute atomic E-state index is 12.7. The van der Waals surface area contributed by atoms with Gasteiger partial charge < -0.3 is 15.1 Å². The van der Waals surface area contributed by atoms with Crippen LogP contribution in [-0.2, 0) is 4.79 Å². The van der Waals surface area contributed by atoms with E-state index in [1.54, 1.807) is 18.3 Å². The second-order valence-corrected chi connectivity index (χ2v) is 10.4. The van der Waals surface area contributed by atoms with E-state index in [1.807, 2.05) is 17.0 Å². The Morgan fingerprint density at radius 3 is 2.31 bits per heavy atom. The lowest BCUT2D eigenvalue weighted by Gasteiger charge is -2.36. The molecule has 1 N–H and O–H groups in total. The average molecular weight is 528 g/mol. The van der Waals surface area contributed by atoms with Crippen molar-refractivity contribution in [2.75, 3.05) is 56.0 Å². The normalized spacial score (nSPS) is 18.1. The summed E-state index contributed by atoms with van der Waals surface area (Å²) < 4.78 is 37.4. The van der Waals surface area contributed by atoms with E-state index in [9.17, 15) is 18.0 Å². The summed E-state index contributed by atoms with van der Waals surface area (Å²) >= 11 is 5.80. The molecule has 4 rings (SSSR count). The summed E-state index contributed by atoms with van der Waals surface area (Å²) in [6, 6.07) is 10.3. The van der Waals surface area contributed by atoms with Crippen LogP contribution in [0.15, 0.2) is 47.5 Å². The second kappa shape index (κ2) is 11.7. The Morgan fingerprint density at radius 2 is 1.71 bits per heavy atom. The van der Waals surface area contributed by atoms with Crippen molar-refractivity contribution in [1.29, 1.82) is 0 Å². The van der Waals surface area contributed by atoms with Gasteiger partial charge >= 0.3 is 5.51 Å². The standard InChI is InChI=1S/C24H29ClF3N5OS/c25-18-1-6-22(29-17-18)32-15-13-31(14-16-32)10-9-23(34)33-11-7-20(8-12-33)30-19-2-4-21(5-3-19)35-24(26,27)28/h1-6,17,20,30H,7-16H2. The number of hydrogen-bond acceptors (Lipinski definition) is 6. The van der Waals surface area contributed by atoms with Crippen LogP contribution >= 0.6 is 23.4 Å². The lowest BCUT2D eigenvalue weighted by molar-refractivity contribution is -0.132. The zero-order valence-electron chi connectivity index (χ0n) is 19.3. The molecule has 1 aromatic carbocycles. The lowest BCUT2D eigenvalue weighted by atomic mass is 10.0. The molecule has 2 aliphatic heterocycles. The Bertz CT molecular complexity index is 961. The molecule has 1 amide bonds. The summed E-state index contributed by atoms with van der Waals surface area (Å²) in [5.74, 6) is 1.11. The fraction of sp³-hybridized carbons (Fsp3) is 0.500. The number of alkyl halides is 3. The minimum absolute atomic E-state index is 0.112. The van der Waals surface area contributed by atoms with Crippen LogP contribution < -0.4 is 10.2 Å². The van der Waals surface area contributed by atoms with Crippen LogP contribution in [0.4, 0.5) is 24.7 Å². The van der Waals surface area contributed by atoms with Crippen molar-refractivity contribution < 1.29 is 18.0 Å². The van der Waals surface area contributed by atoms with E-state index in [0.717, 1.165) is 57.1 Å². The van der Waals surface area contributed by atoms with Crippen molar-refractivity contribution >= 4 is 40.8 Å². The van der Waals surface area contributed by atoms with Gasteiger partial charge in [0.15, 0.2) is 0 Å². The number of carbonyl (C=O) groups is 1.